The topological polar surface area (TPSA) is 21.8 Å². The molecule has 0 amide bonds. The molecular formula is C21H20O2. The van der Waals surface area contributed by atoms with E-state index in [0.29, 0.717) is 18.6 Å². The molecule has 1 fully saturated rings. The molecule has 4 rings (SSSR count). The number of hydrogen-bond donors (Lipinski definition) is 0. The van der Waals surface area contributed by atoms with Gasteiger partial charge in [0.15, 0.2) is 0 Å². The summed E-state index contributed by atoms with van der Waals surface area (Å²) in [7, 11) is 0. The number of ether oxygens (including phenoxy) is 2. The lowest BCUT2D eigenvalue weighted by Gasteiger charge is -2.14. The van der Waals surface area contributed by atoms with E-state index in [0.717, 1.165) is 12.4 Å². The molecule has 0 spiro atoms. The van der Waals surface area contributed by atoms with Gasteiger partial charge in [0, 0.05) is 5.92 Å². The van der Waals surface area contributed by atoms with Crippen molar-refractivity contribution in [2.75, 3.05) is 13.2 Å². The van der Waals surface area contributed by atoms with Crippen molar-refractivity contribution in [1.29, 1.82) is 0 Å². The van der Waals surface area contributed by atoms with Gasteiger partial charge >= 0.3 is 0 Å². The Morgan fingerprint density at radius 2 is 1.65 bits per heavy atom. The summed E-state index contributed by atoms with van der Waals surface area (Å²) in [5, 5.41) is 2.58. The average molecular weight is 304 g/mol. The molecule has 0 aromatic heterocycles. The Balaban J connectivity index is 1.53. The maximum absolute atomic E-state index is 5.70. The Bertz CT molecular complexity index is 803. The lowest BCUT2D eigenvalue weighted by Crippen LogP contribution is -2.04. The monoisotopic (exact) mass is 304 g/mol. The molecule has 1 aliphatic rings. The zero-order valence-corrected chi connectivity index (χ0v) is 13.2. The van der Waals surface area contributed by atoms with Gasteiger partial charge in [-0.3, -0.25) is 0 Å². The van der Waals surface area contributed by atoms with Crippen LogP contribution in [0.4, 0.5) is 0 Å². The number of epoxide rings is 1. The molecule has 3 aromatic carbocycles. The third-order valence-corrected chi connectivity index (χ3v) is 4.49. The van der Waals surface area contributed by atoms with Crippen LogP contribution in [0.25, 0.3) is 10.8 Å². The van der Waals surface area contributed by atoms with Crippen LogP contribution in [-0.4, -0.2) is 19.3 Å². The molecule has 1 heterocycles. The molecule has 0 bridgehead atoms. The normalized spacial score (nSPS) is 17.9. The minimum absolute atomic E-state index is 0.297. The first-order valence-corrected chi connectivity index (χ1v) is 8.13. The lowest BCUT2D eigenvalue weighted by atomic mass is 9.91. The second-order valence-electron chi connectivity index (χ2n) is 6.16. The summed E-state index contributed by atoms with van der Waals surface area (Å²) in [6, 6.07) is 23.6. The van der Waals surface area contributed by atoms with Crippen molar-refractivity contribution in [2.45, 2.75) is 18.9 Å². The molecule has 1 aliphatic heterocycles. The van der Waals surface area contributed by atoms with E-state index in [9.17, 15) is 0 Å². The second-order valence-corrected chi connectivity index (χ2v) is 6.16. The highest BCUT2D eigenvalue weighted by Crippen LogP contribution is 2.28. The Morgan fingerprint density at radius 1 is 0.957 bits per heavy atom. The van der Waals surface area contributed by atoms with Crippen molar-refractivity contribution < 1.29 is 9.47 Å². The van der Waals surface area contributed by atoms with Gasteiger partial charge in [-0.2, -0.15) is 0 Å². The predicted molar refractivity (Wildman–Crippen MR) is 93.1 cm³/mol. The molecule has 2 heteroatoms. The fraction of sp³-hybridized carbons (Fsp3) is 0.238. The van der Waals surface area contributed by atoms with Gasteiger partial charge in [-0.15, -0.1) is 0 Å². The van der Waals surface area contributed by atoms with E-state index in [2.05, 4.69) is 73.7 Å². The summed E-state index contributed by atoms with van der Waals surface area (Å²) >= 11 is 0. The van der Waals surface area contributed by atoms with E-state index in [1.165, 1.54) is 21.9 Å². The average Bonchev–Trinajstić information content (AvgIpc) is 3.44. The fourth-order valence-electron chi connectivity index (χ4n) is 2.88. The van der Waals surface area contributed by atoms with Crippen LogP contribution >= 0.6 is 0 Å². The van der Waals surface area contributed by atoms with Crippen LogP contribution in [0, 0.1) is 0 Å². The van der Waals surface area contributed by atoms with E-state index >= 15 is 0 Å². The summed E-state index contributed by atoms with van der Waals surface area (Å²) in [4.78, 5) is 0. The SMILES string of the molecule is CC(c1ccc(OCC2CO2)cc1)c1ccc2ccccc2c1. The van der Waals surface area contributed by atoms with Crippen LogP contribution in [0.2, 0.25) is 0 Å². The van der Waals surface area contributed by atoms with E-state index in [1.54, 1.807) is 0 Å². The van der Waals surface area contributed by atoms with Gasteiger partial charge in [0.1, 0.15) is 18.5 Å². The van der Waals surface area contributed by atoms with Crippen molar-refractivity contribution in [3.8, 4) is 5.75 Å². The summed E-state index contributed by atoms with van der Waals surface area (Å²) in [5.41, 5.74) is 2.64. The predicted octanol–water partition coefficient (Wildman–Crippen LogP) is 4.77. The molecule has 0 N–H and O–H groups in total. The molecule has 2 nitrogen and oxygen atoms in total. The van der Waals surface area contributed by atoms with Crippen LogP contribution in [0.5, 0.6) is 5.75 Å². The van der Waals surface area contributed by atoms with Crippen molar-refractivity contribution in [2.24, 2.45) is 0 Å². The van der Waals surface area contributed by atoms with Crippen LogP contribution in [0.15, 0.2) is 66.7 Å². The Labute approximate surface area is 136 Å². The van der Waals surface area contributed by atoms with E-state index in [1.807, 2.05) is 0 Å². The van der Waals surface area contributed by atoms with E-state index in [4.69, 9.17) is 9.47 Å². The van der Waals surface area contributed by atoms with Gasteiger partial charge in [0.25, 0.3) is 0 Å². The van der Waals surface area contributed by atoms with Crippen LogP contribution < -0.4 is 4.74 Å². The van der Waals surface area contributed by atoms with Crippen LogP contribution in [0.3, 0.4) is 0 Å². The molecule has 0 aliphatic carbocycles. The third kappa shape index (κ3) is 3.22. The molecule has 2 unspecified atom stereocenters. The number of rotatable bonds is 5. The van der Waals surface area contributed by atoms with E-state index < -0.39 is 0 Å². The molecule has 116 valence electrons. The second kappa shape index (κ2) is 6.05. The Kier molecular flexibility index (Phi) is 3.76. The summed E-state index contributed by atoms with van der Waals surface area (Å²) in [6.45, 7) is 3.73. The van der Waals surface area contributed by atoms with E-state index in [-0.39, 0.29) is 0 Å². The number of benzene rings is 3. The molecule has 1 saturated heterocycles. The van der Waals surface area contributed by atoms with Crippen molar-refractivity contribution in [1.82, 2.24) is 0 Å². The zero-order chi connectivity index (χ0) is 15.6. The highest BCUT2D eigenvalue weighted by Gasteiger charge is 2.23. The standard InChI is InChI=1S/C21H20O2/c1-15(18-7-6-17-4-2-3-5-19(17)12-18)16-8-10-20(11-9-16)22-13-21-14-23-21/h2-12,15,21H,13-14H2,1H3. The summed E-state index contributed by atoms with van der Waals surface area (Å²) < 4.78 is 10.9. The maximum atomic E-state index is 5.70. The molecule has 0 saturated carbocycles. The minimum Gasteiger partial charge on any atom is -0.491 e. The first-order chi connectivity index (χ1) is 11.3. The van der Waals surface area contributed by atoms with Gasteiger partial charge in [-0.1, -0.05) is 61.5 Å². The van der Waals surface area contributed by atoms with Gasteiger partial charge < -0.3 is 9.47 Å². The smallest absolute Gasteiger partial charge is 0.119 e. The number of fused-ring (bicyclic) bond motifs is 1. The molecule has 2 atom stereocenters. The van der Waals surface area contributed by atoms with Gasteiger partial charge in [-0.25, -0.2) is 0 Å². The molecule has 23 heavy (non-hydrogen) atoms. The highest BCUT2D eigenvalue weighted by atomic mass is 16.6. The third-order valence-electron chi connectivity index (χ3n) is 4.49. The van der Waals surface area contributed by atoms with Crippen molar-refractivity contribution in [3.63, 3.8) is 0 Å². The van der Waals surface area contributed by atoms with Gasteiger partial charge in [-0.05, 0) is 34.0 Å². The largest absolute Gasteiger partial charge is 0.491 e. The summed E-state index contributed by atoms with van der Waals surface area (Å²) in [6.07, 6.45) is 0.297. The van der Waals surface area contributed by atoms with Gasteiger partial charge in [0.05, 0.1) is 6.61 Å². The minimum atomic E-state index is 0.297. The summed E-state index contributed by atoms with van der Waals surface area (Å²) in [5.74, 6) is 1.27. The zero-order valence-electron chi connectivity index (χ0n) is 13.2. The maximum Gasteiger partial charge on any atom is 0.119 e. The fourth-order valence-corrected chi connectivity index (χ4v) is 2.88. The van der Waals surface area contributed by atoms with Crippen molar-refractivity contribution in [3.05, 3.63) is 77.9 Å². The quantitative estimate of drug-likeness (QED) is 0.633. The Hall–Kier alpha value is -2.32. The lowest BCUT2D eigenvalue weighted by molar-refractivity contribution is 0.263. The number of hydrogen-bond acceptors (Lipinski definition) is 2. The molecular weight excluding hydrogens is 284 g/mol. The van der Waals surface area contributed by atoms with Gasteiger partial charge in [0.2, 0.25) is 0 Å². The molecule has 3 aromatic rings. The highest BCUT2D eigenvalue weighted by molar-refractivity contribution is 5.83. The van der Waals surface area contributed by atoms with Crippen molar-refractivity contribution >= 4 is 10.8 Å². The molecule has 0 radical (unpaired) electrons. The van der Waals surface area contributed by atoms with Crippen LogP contribution in [0.1, 0.15) is 24.0 Å². The first-order valence-electron chi connectivity index (χ1n) is 8.13. The first kappa shape index (κ1) is 14.3. The Morgan fingerprint density at radius 3 is 2.39 bits per heavy atom. The van der Waals surface area contributed by atoms with Crippen LogP contribution in [-0.2, 0) is 4.74 Å².